The molecule has 0 saturated carbocycles. The van der Waals surface area contributed by atoms with Gasteiger partial charge in [0.2, 0.25) is 15.9 Å². The molecular formula is C15H18N2O3S2. The Balaban J connectivity index is 2.16. The number of thiophene rings is 1. The minimum atomic E-state index is -3.75. The third-order valence-corrected chi connectivity index (χ3v) is 5.34. The zero-order valence-electron chi connectivity index (χ0n) is 12.4. The van der Waals surface area contributed by atoms with Crippen LogP contribution in [0.2, 0.25) is 0 Å². The van der Waals surface area contributed by atoms with Crippen LogP contribution in [0.4, 0.5) is 0 Å². The monoisotopic (exact) mass is 338 g/mol. The number of hydrogen-bond donors (Lipinski definition) is 1. The Morgan fingerprint density at radius 2 is 2.05 bits per heavy atom. The number of benzene rings is 1. The van der Waals surface area contributed by atoms with E-state index in [0.29, 0.717) is 6.42 Å². The average Bonchev–Trinajstić information content (AvgIpc) is 2.97. The molecule has 2 N–H and O–H groups in total. The second-order valence-electron chi connectivity index (χ2n) is 5.05. The normalized spacial score (nSPS) is 12.9. The van der Waals surface area contributed by atoms with Crippen molar-refractivity contribution in [3.8, 4) is 0 Å². The fraction of sp³-hybridized carbons (Fsp3) is 0.267. The molecule has 0 aliphatic rings. The molecule has 5 nitrogen and oxygen atoms in total. The van der Waals surface area contributed by atoms with Crippen LogP contribution in [0.3, 0.4) is 0 Å². The van der Waals surface area contributed by atoms with Crippen molar-refractivity contribution in [2.75, 3.05) is 7.05 Å². The first-order chi connectivity index (χ1) is 10.3. The number of nitrogens with zero attached hydrogens (tertiary/aromatic N) is 1. The van der Waals surface area contributed by atoms with E-state index in [1.807, 2.05) is 24.4 Å². The molecule has 1 aromatic heterocycles. The lowest BCUT2D eigenvalue weighted by Crippen LogP contribution is -2.30. The second kappa shape index (κ2) is 6.60. The van der Waals surface area contributed by atoms with E-state index < -0.39 is 10.0 Å². The van der Waals surface area contributed by atoms with E-state index in [2.05, 4.69) is 0 Å². The van der Waals surface area contributed by atoms with Crippen LogP contribution in [-0.2, 0) is 21.2 Å². The molecule has 1 atom stereocenters. The van der Waals surface area contributed by atoms with Gasteiger partial charge >= 0.3 is 0 Å². The third-order valence-electron chi connectivity index (χ3n) is 3.55. The summed E-state index contributed by atoms with van der Waals surface area (Å²) in [5.74, 6) is -0.0176. The van der Waals surface area contributed by atoms with Gasteiger partial charge in [0.25, 0.3) is 0 Å². The Morgan fingerprint density at radius 1 is 1.32 bits per heavy atom. The molecule has 0 saturated heterocycles. The van der Waals surface area contributed by atoms with Crippen LogP contribution >= 0.6 is 11.3 Å². The molecule has 0 aliphatic carbocycles. The molecule has 118 valence electrons. The van der Waals surface area contributed by atoms with Crippen LogP contribution in [-0.4, -0.2) is 26.3 Å². The van der Waals surface area contributed by atoms with Crippen LogP contribution in [0.1, 0.15) is 23.4 Å². The summed E-state index contributed by atoms with van der Waals surface area (Å²) in [6.07, 6.45) is 0.341. The summed E-state index contributed by atoms with van der Waals surface area (Å²) in [5, 5.41) is 7.08. The molecule has 2 rings (SSSR count). The van der Waals surface area contributed by atoms with Gasteiger partial charge in [0.15, 0.2) is 0 Å². The number of primary sulfonamides is 1. The molecule has 0 radical (unpaired) electrons. The maximum atomic E-state index is 12.3. The van der Waals surface area contributed by atoms with Crippen LogP contribution < -0.4 is 5.14 Å². The fourth-order valence-electron chi connectivity index (χ4n) is 2.08. The predicted octanol–water partition coefficient (Wildman–Crippen LogP) is 2.16. The van der Waals surface area contributed by atoms with Gasteiger partial charge in [-0.1, -0.05) is 18.2 Å². The number of sulfonamides is 1. The Kier molecular flexibility index (Phi) is 5.00. The minimum absolute atomic E-state index is 0.0176. The summed E-state index contributed by atoms with van der Waals surface area (Å²) in [6, 6.07) is 9.95. The van der Waals surface area contributed by atoms with Crippen molar-refractivity contribution < 1.29 is 13.2 Å². The van der Waals surface area contributed by atoms with Gasteiger partial charge < -0.3 is 4.90 Å². The van der Waals surface area contributed by atoms with Gasteiger partial charge in [0.05, 0.1) is 17.4 Å². The van der Waals surface area contributed by atoms with Gasteiger partial charge in [-0.15, -0.1) is 11.3 Å². The zero-order chi connectivity index (χ0) is 16.3. The van der Waals surface area contributed by atoms with Gasteiger partial charge in [-0.2, -0.15) is 0 Å². The Hall–Kier alpha value is -1.70. The second-order valence-corrected chi connectivity index (χ2v) is 7.65. The lowest BCUT2D eigenvalue weighted by atomic mass is 10.1. The first-order valence-corrected chi connectivity index (χ1v) is 9.12. The molecule has 7 heteroatoms. The highest BCUT2D eigenvalue weighted by Gasteiger charge is 2.19. The Morgan fingerprint density at radius 3 is 2.64 bits per heavy atom. The molecule has 1 aromatic carbocycles. The highest BCUT2D eigenvalue weighted by molar-refractivity contribution is 7.89. The quantitative estimate of drug-likeness (QED) is 0.907. The van der Waals surface area contributed by atoms with Crippen molar-refractivity contribution in [2.24, 2.45) is 5.14 Å². The van der Waals surface area contributed by atoms with Crippen LogP contribution in [0.25, 0.3) is 0 Å². The van der Waals surface area contributed by atoms with Crippen molar-refractivity contribution in [1.82, 2.24) is 4.90 Å². The maximum Gasteiger partial charge on any atom is 0.238 e. The number of hydrogen-bond acceptors (Lipinski definition) is 4. The third kappa shape index (κ3) is 3.94. The highest BCUT2D eigenvalue weighted by Crippen LogP contribution is 2.22. The van der Waals surface area contributed by atoms with Crippen LogP contribution in [0.5, 0.6) is 0 Å². The van der Waals surface area contributed by atoms with Crippen molar-refractivity contribution in [1.29, 1.82) is 0 Å². The molecule has 0 spiro atoms. The number of amides is 1. The SMILES string of the molecule is CC(c1cccc(S(N)(=O)=O)c1)N(C)C(=O)Cc1cccs1. The van der Waals surface area contributed by atoms with Crippen molar-refractivity contribution in [3.63, 3.8) is 0 Å². The minimum Gasteiger partial charge on any atom is -0.339 e. The Labute approximate surface area is 134 Å². The van der Waals surface area contributed by atoms with Crippen LogP contribution in [0, 0.1) is 0 Å². The van der Waals surface area contributed by atoms with E-state index in [0.717, 1.165) is 10.4 Å². The van der Waals surface area contributed by atoms with E-state index in [9.17, 15) is 13.2 Å². The summed E-state index contributed by atoms with van der Waals surface area (Å²) < 4.78 is 22.8. The molecule has 22 heavy (non-hydrogen) atoms. The van der Waals surface area contributed by atoms with E-state index in [-0.39, 0.29) is 16.8 Å². The number of likely N-dealkylation sites (N-methyl/N-ethyl adjacent to an activating group) is 1. The highest BCUT2D eigenvalue weighted by atomic mass is 32.2. The van der Waals surface area contributed by atoms with Gasteiger partial charge in [-0.3, -0.25) is 4.79 Å². The average molecular weight is 338 g/mol. The molecule has 0 bridgehead atoms. The fourth-order valence-corrected chi connectivity index (χ4v) is 3.34. The molecule has 0 aliphatic heterocycles. The number of carbonyl (C=O) groups excluding carboxylic acids is 1. The van der Waals surface area contributed by atoms with Gasteiger partial charge in [0.1, 0.15) is 0 Å². The predicted molar refractivity (Wildman–Crippen MR) is 87.0 cm³/mol. The van der Waals surface area contributed by atoms with Crippen LogP contribution in [0.15, 0.2) is 46.7 Å². The number of nitrogens with two attached hydrogens (primary N) is 1. The molecule has 2 aromatic rings. The Bertz CT molecular complexity index is 755. The summed E-state index contributed by atoms with van der Waals surface area (Å²) in [4.78, 5) is 15.0. The topological polar surface area (TPSA) is 80.5 Å². The first-order valence-electron chi connectivity index (χ1n) is 6.70. The van der Waals surface area contributed by atoms with E-state index in [4.69, 9.17) is 5.14 Å². The van der Waals surface area contributed by atoms with Gasteiger partial charge in [-0.05, 0) is 36.1 Å². The van der Waals surface area contributed by atoms with Crippen molar-refractivity contribution in [3.05, 3.63) is 52.2 Å². The summed E-state index contributed by atoms with van der Waals surface area (Å²) in [5.41, 5.74) is 0.730. The zero-order valence-corrected chi connectivity index (χ0v) is 14.0. The lowest BCUT2D eigenvalue weighted by Gasteiger charge is -2.25. The maximum absolute atomic E-state index is 12.3. The summed E-state index contributed by atoms with van der Waals surface area (Å²) in [7, 11) is -2.04. The first kappa shape index (κ1) is 16.7. The van der Waals surface area contributed by atoms with Gasteiger partial charge in [0, 0.05) is 11.9 Å². The van der Waals surface area contributed by atoms with Crippen molar-refractivity contribution in [2.45, 2.75) is 24.3 Å². The van der Waals surface area contributed by atoms with Crippen molar-refractivity contribution >= 4 is 27.3 Å². The summed E-state index contributed by atoms with van der Waals surface area (Å²) >= 11 is 1.54. The summed E-state index contributed by atoms with van der Waals surface area (Å²) in [6.45, 7) is 1.86. The molecule has 0 fully saturated rings. The number of carbonyl (C=O) groups is 1. The smallest absolute Gasteiger partial charge is 0.238 e. The lowest BCUT2D eigenvalue weighted by molar-refractivity contribution is -0.131. The van der Waals surface area contributed by atoms with Gasteiger partial charge in [-0.25, -0.2) is 13.6 Å². The standard InChI is InChI=1S/C15H18N2O3S2/c1-11(12-5-3-7-14(9-12)22(16,19)20)17(2)15(18)10-13-6-4-8-21-13/h3-9,11H,10H2,1-2H3,(H2,16,19,20). The van der Waals surface area contributed by atoms with E-state index in [1.54, 1.807) is 24.1 Å². The van der Waals surface area contributed by atoms with E-state index in [1.165, 1.54) is 23.5 Å². The molecule has 1 heterocycles. The van der Waals surface area contributed by atoms with E-state index >= 15 is 0 Å². The molecule has 1 unspecified atom stereocenters. The molecular weight excluding hydrogens is 320 g/mol. The molecule has 1 amide bonds. The largest absolute Gasteiger partial charge is 0.339 e. The number of rotatable bonds is 5.